The zero-order valence-corrected chi connectivity index (χ0v) is 12.7. The summed E-state index contributed by atoms with van der Waals surface area (Å²) in [6.45, 7) is 1.98. The predicted molar refractivity (Wildman–Crippen MR) is 89.1 cm³/mol. The van der Waals surface area contributed by atoms with Gasteiger partial charge >= 0.3 is 5.97 Å². The Hall–Kier alpha value is -2.66. The Morgan fingerprint density at radius 3 is 2.64 bits per heavy atom. The highest BCUT2D eigenvalue weighted by molar-refractivity contribution is 7.17. The fourth-order valence-electron chi connectivity index (χ4n) is 2.27. The molecule has 3 rings (SSSR count). The van der Waals surface area contributed by atoms with Crippen LogP contribution in [0.1, 0.15) is 15.2 Å². The van der Waals surface area contributed by atoms with E-state index in [1.807, 2.05) is 37.3 Å². The zero-order valence-electron chi connectivity index (χ0n) is 11.9. The van der Waals surface area contributed by atoms with E-state index < -0.39 is 5.97 Å². The molecule has 0 saturated carbocycles. The molecule has 0 fully saturated rings. The third-order valence-corrected chi connectivity index (χ3v) is 4.43. The standard InChI is InChI=1S/C17H14N2O2S/c1-10-5-2-3-8-13(10)16-19-14(15(22-16)17(20)21)11-6-4-7-12(18)9-11/h2-9H,18H2,1H3,(H,20,21). The third-order valence-electron chi connectivity index (χ3n) is 3.36. The average molecular weight is 310 g/mol. The number of rotatable bonds is 3. The largest absolute Gasteiger partial charge is 0.477 e. The summed E-state index contributed by atoms with van der Waals surface area (Å²) in [4.78, 5) is 16.3. The minimum Gasteiger partial charge on any atom is -0.477 e. The van der Waals surface area contributed by atoms with Crippen molar-refractivity contribution >= 4 is 23.0 Å². The minimum absolute atomic E-state index is 0.226. The Labute approximate surface area is 131 Å². The SMILES string of the molecule is Cc1ccccc1-c1nc(-c2cccc(N)c2)c(C(=O)O)s1. The quantitative estimate of drug-likeness (QED) is 0.715. The molecule has 0 aliphatic carbocycles. The van der Waals surface area contributed by atoms with Crippen molar-refractivity contribution in [2.75, 3.05) is 5.73 Å². The molecule has 3 aromatic rings. The van der Waals surface area contributed by atoms with Gasteiger partial charge in [-0.15, -0.1) is 11.3 Å². The molecule has 0 unspecified atom stereocenters. The van der Waals surface area contributed by atoms with Crippen molar-refractivity contribution in [2.24, 2.45) is 0 Å². The van der Waals surface area contributed by atoms with Gasteiger partial charge in [0.05, 0.1) is 5.69 Å². The molecule has 0 bridgehead atoms. The van der Waals surface area contributed by atoms with Gasteiger partial charge in [-0.25, -0.2) is 9.78 Å². The summed E-state index contributed by atoms with van der Waals surface area (Å²) >= 11 is 1.18. The molecule has 110 valence electrons. The number of nitrogen functional groups attached to an aromatic ring is 1. The molecule has 4 nitrogen and oxygen atoms in total. The Balaban J connectivity index is 2.19. The van der Waals surface area contributed by atoms with Gasteiger partial charge in [0.25, 0.3) is 0 Å². The van der Waals surface area contributed by atoms with E-state index >= 15 is 0 Å². The molecule has 0 atom stereocenters. The van der Waals surface area contributed by atoms with Gasteiger partial charge in [0.2, 0.25) is 0 Å². The Morgan fingerprint density at radius 2 is 1.95 bits per heavy atom. The minimum atomic E-state index is -0.977. The van der Waals surface area contributed by atoms with E-state index in [1.54, 1.807) is 18.2 Å². The lowest BCUT2D eigenvalue weighted by molar-refractivity contribution is 0.0702. The van der Waals surface area contributed by atoms with Crippen LogP contribution in [0.15, 0.2) is 48.5 Å². The number of thiazole rings is 1. The second-order valence-corrected chi connectivity index (χ2v) is 5.94. The van der Waals surface area contributed by atoms with Gasteiger partial charge in [-0.1, -0.05) is 36.4 Å². The lowest BCUT2D eigenvalue weighted by Gasteiger charge is -2.01. The second-order valence-electron chi connectivity index (χ2n) is 4.94. The summed E-state index contributed by atoms with van der Waals surface area (Å²) in [7, 11) is 0. The molecule has 5 heteroatoms. The van der Waals surface area contributed by atoms with Crippen LogP contribution in [0.5, 0.6) is 0 Å². The maximum Gasteiger partial charge on any atom is 0.348 e. The fourth-order valence-corrected chi connectivity index (χ4v) is 3.29. The highest BCUT2D eigenvalue weighted by Crippen LogP contribution is 2.35. The van der Waals surface area contributed by atoms with Crippen molar-refractivity contribution in [1.82, 2.24) is 4.98 Å². The van der Waals surface area contributed by atoms with Crippen LogP contribution in [0.3, 0.4) is 0 Å². The highest BCUT2D eigenvalue weighted by Gasteiger charge is 2.20. The number of nitrogens with two attached hydrogens (primary N) is 1. The number of aryl methyl sites for hydroxylation is 1. The van der Waals surface area contributed by atoms with Crippen LogP contribution < -0.4 is 5.73 Å². The number of nitrogens with zero attached hydrogens (tertiary/aromatic N) is 1. The lowest BCUT2D eigenvalue weighted by atomic mass is 10.1. The normalized spacial score (nSPS) is 10.6. The molecule has 0 aliphatic heterocycles. The summed E-state index contributed by atoms with van der Waals surface area (Å²) in [5.74, 6) is -0.977. The van der Waals surface area contributed by atoms with Gasteiger partial charge in [-0.3, -0.25) is 0 Å². The van der Waals surface area contributed by atoms with E-state index in [2.05, 4.69) is 4.98 Å². The van der Waals surface area contributed by atoms with Crippen molar-refractivity contribution in [3.8, 4) is 21.8 Å². The van der Waals surface area contributed by atoms with E-state index in [-0.39, 0.29) is 4.88 Å². The number of carbonyl (C=O) groups is 1. The van der Waals surface area contributed by atoms with Crippen molar-refractivity contribution < 1.29 is 9.90 Å². The van der Waals surface area contributed by atoms with Crippen LogP contribution in [0, 0.1) is 6.92 Å². The van der Waals surface area contributed by atoms with Gasteiger partial charge in [-0.2, -0.15) is 0 Å². The first kappa shape index (κ1) is 14.3. The summed E-state index contributed by atoms with van der Waals surface area (Å²) < 4.78 is 0. The van der Waals surface area contributed by atoms with Crippen molar-refractivity contribution in [3.05, 3.63) is 59.0 Å². The van der Waals surface area contributed by atoms with Gasteiger partial charge in [0, 0.05) is 16.8 Å². The van der Waals surface area contributed by atoms with Crippen molar-refractivity contribution in [2.45, 2.75) is 6.92 Å². The average Bonchev–Trinajstić information content (AvgIpc) is 2.93. The monoisotopic (exact) mass is 310 g/mol. The van der Waals surface area contributed by atoms with Gasteiger partial charge in [0.1, 0.15) is 9.88 Å². The lowest BCUT2D eigenvalue weighted by Crippen LogP contribution is -1.96. The summed E-state index contributed by atoms with van der Waals surface area (Å²) in [5, 5.41) is 10.2. The number of benzene rings is 2. The van der Waals surface area contributed by atoms with Crippen LogP contribution in [-0.2, 0) is 0 Å². The van der Waals surface area contributed by atoms with Crippen LogP contribution in [0.4, 0.5) is 5.69 Å². The van der Waals surface area contributed by atoms with E-state index in [0.29, 0.717) is 22.0 Å². The number of hydrogen-bond donors (Lipinski definition) is 2. The molecule has 0 aliphatic rings. The third kappa shape index (κ3) is 2.58. The maximum absolute atomic E-state index is 11.5. The number of aromatic nitrogens is 1. The molecule has 0 spiro atoms. The van der Waals surface area contributed by atoms with E-state index in [0.717, 1.165) is 11.1 Å². The number of aromatic carboxylic acids is 1. The molecule has 22 heavy (non-hydrogen) atoms. The number of carboxylic acid groups (broad SMARTS) is 1. The Bertz CT molecular complexity index is 855. The second kappa shape index (κ2) is 5.61. The van der Waals surface area contributed by atoms with Crippen LogP contribution >= 0.6 is 11.3 Å². The summed E-state index contributed by atoms with van der Waals surface area (Å²) in [6.07, 6.45) is 0. The first-order valence-electron chi connectivity index (χ1n) is 6.72. The van der Waals surface area contributed by atoms with E-state index in [4.69, 9.17) is 5.73 Å². The topological polar surface area (TPSA) is 76.2 Å². The Kier molecular flexibility index (Phi) is 3.65. The van der Waals surface area contributed by atoms with Crippen LogP contribution in [0.25, 0.3) is 21.8 Å². The molecule has 1 heterocycles. The van der Waals surface area contributed by atoms with E-state index in [1.165, 1.54) is 11.3 Å². The van der Waals surface area contributed by atoms with Crippen molar-refractivity contribution in [1.29, 1.82) is 0 Å². The number of hydrogen-bond acceptors (Lipinski definition) is 4. The molecular weight excluding hydrogens is 296 g/mol. The van der Waals surface area contributed by atoms with Gasteiger partial charge in [0.15, 0.2) is 0 Å². The molecule has 0 radical (unpaired) electrons. The summed E-state index contributed by atoms with van der Waals surface area (Å²) in [5.41, 5.74) is 9.56. The predicted octanol–water partition coefficient (Wildman–Crippen LogP) is 4.07. The van der Waals surface area contributed by atoms with Crippen LogP contribution in [0.2, 0.25) is 0 Å². The highest BCUT2D eigenvalue weighted by atomic mass is 32.1. The molecule has 3 N–H and O–H groups in total. The zero-order chi connectivity index (χ0) is 15.7. The maximum atomic E-state index is 11.5. The number of carboxylic acids is 1. The van der Waals surface area contributed by atoms with Gasteiger partial charge < -0.3 is 10.8 Å². The first-order valence-corrected chi connectivity index (χ1v) is 7.54. The Morgan fingerprint density at radius 1 is 1.18 bits per heavy atom. The molecular formula is C17H14N2O2S. The smallest absolute Gasteiger partial charge is 0.348 e. The van der Waals surface area contributed by atoms with Crippen LogP contribution in [-0.4, -0.2) is 16.1 Å². The fraction of sp³-hybridized carbons (Fsp3) is 0.0588. The first-order chi connectivity index (χ1) is 10.6. The molecule has 2 aromatic carbocycles. The molecule has 0 amide bonds. The summed E-state index contributed by atoms with van der Waals surface area (Å²) in [6, 6.07) is 14.9. The van der Waals surface area contributed by atoms with E-state index in [9.17, 15) is 9.90 Å². The molecule has 0 saturated heterocycles. The molecule has 1 aromatic heterocycles. The number of anilines is 1. The van der Waals surface area contributed by atoms with Gasteiger partial charge in [-0.05, 0) is 24.6 Å². The van der Waals surface area contributed by atoms with Crippen molar-refractivity contribution in [3.63, 3.8) is 0 Å².